The summed E-state index contributed by atoms with van der Waals surface area (Å²) in [5.41, 5.74) is 8.25. The number of benzene rings is 1. The summed E-state index contributed by atoms with van der Waals surface area (Å²) in [5.74, 6) is -0.0284. The summed E-state index contributed by atoms with van der Waals surface area (Å²) < 4.78 is 0.975. The van der Waals surface area contributed by atoms with Crippen molar-refractivity contribution >= 4 is 33.1 Å². The first-order valence-electron chi connectivity index (χ1n) is 8.76. The van der Waals surface area contributed by atoms with Gasteiger partial charge in [0.05, 0.1) is 5.54 Å². The van der Waals surface area contributed by atoms with E-state index in [2.05, 4.69) is 64.9 Å². The molecule has 0 spiro atoms. The van der Waals surface area contributed by atoms with Crippen LogP contribution in [0.15, 0.2) is 28.7 Å². The lowest BCUT2D eigenvalue weighted by Crippen LogP contribution is -2.64. The number of anilines is 1. The van der Waals surface area contributed by atoms with Crippen molar-refractivity contribution in [1.82, 2.24) is 9.80 Å². The molecular formula is C19H27BrN4O. The van der Waals surface area contributed by atoms with Crippen molar-refractivity contribution in [2.24, 2.45) is 5.73 Å². The molecule has 5 nitrogen and oxygen atoms in total. The Kier molecular flexibility index (Phi) is 5.08. The van der Waals surface area contributed by atoms with Crippen LogP contribution in [-0.2, 0) is 4.79 Å². The number of likely N-dealkylation sites (N-methyl/N-ethyl adjacent to an activating group) is 1. The predicted octanol–water partition coefficient (Wildman–Crippen LogP) is 2.53. The molecule has 0 saturated carbocycles. The van der Waals surface area contributed by atoms with Gasteiger partial charge in [-0.15, -0.1) is 0 Å². The smallest absolute Gasteiger partial charge is 0.256 e. The molecule has 0 aromatic heterocycles. The van der Waals surface area contributed by atoms with Gasteiger partial charge in [0.2, 0.25) is 0 Å². The van der Waals surface area contributed by atoms with Crippen LogP contribution in [0, 0.1) is 0 Å². The number of amides is 1. The zero-order valence-electron chi connectivity index (χ0n) is 15.3. The van der Waals surface area contributed by atoms with Crippen LogP contribution >= 0.6 is 15.9 Å². The Morgan fingerprint density at radius 3 is 2.92 bits per heavy atom. The molecule has 0 aliphatic carbocycles. The maximum atomic E-state index is 12.6. The van der Waals surface area contributed by atoms with Crippen molar-refractivity contribution in [2.75, 3.05) is 32.0 Å². The molecule has 0 bridgehead atoms. The van der Waals surface area contributed by atoms with Crippen LogP contribution in [0.3, 0.4) is 0 Å². The third-order valence-electron chi connectivity index (χ3n) is 5.67. The molecule has 1 aromatic carbocycles. The van der Waals surface area contributed by atoms with E-state index in [1.807, 2.05) is 18.2 Å². The molecule has 1 aromatic rings. The van der Waals surface area contributed by atoms with Gasteiger partial charge in [-0.05, 0) is 52.1 Å². The van der Waals surface area contributed by atoms with Gasteiger partial charge in [-0.25, -0.2) is 0 Å². The second-order valence-corrected chi connectivity index (χ2v) is 8.45. The average Bonchev–Trinajstić information content (AvgIpc) is 2.86. The summed E-state index contributed by atoms with van der Waals surface area (Å²) >= 11 is 3.51. The summed E-state index contributed by atoms with van der Waals surface area (Å²) in [5, 5.41) is 2.97. The molecule has 3 N–H and O–H groups in total. The maximum Gasteiger partial charge on any atom is 0.256 e. The van der Waals surface area contributed by atoms with Gasteiger partial charge in [0.1, 0.15) is 0 Å². The number of nitrogens with two attached hydrogens (primary N) is 1. The lowest BCUT2D eigenvalue weighted by molar-refractivity contribution is -0.110. The Hall–Kier alpha value is -1.21. The predicted molar refractivity (Wildman–Crippen MR) is 106 cm³/mol. The Balaban J connectivity index is 2.00. The van der Waals surface area contributed by atoms with Crippen LogP contribution in [0.4, 0.5) is 5.69 Å². The van der Waals surface area contributed by atoms with E-state index in [4.69, 9.17) is 5.73 Å². The average molecular weight is 407 g/mol. The second kappa shape index (κ2) is 6.83. The van der Waals surface area contributed by atoms with E-state index in [9.17, 15) is 4.79 Å². The minimum absolute atomic E-state index is 0.0284. The van der Waals surface area contributed by atoms with E-state index >= 15 is 0 Å². The molecule has 2 aliphatic rings. The monoisotopic (exact) mass is 406 g/mol. The topological polar surface area (TPSA) is 61.6 Å². The normalized spacial score (nSPS) is 30.4. The fourth-order valence-corrected chi connectivity index (χ4v) is 4.16. The highest BCUT2D eigenvalue weighted by molar-refractivity contribution is 9.10. The highest BCUT2D eigenvalue weighted by Crippen LogP contribution is 2.37. The number of carbonyl (C=O) groups is 1. The van der Waals surface area contributed by atoms with Gasteiger partial charge in [-0.2, -0.15) is 0 Å². The Bertz CT molecular complexity index is 719. The third-order valence-corrected chi connectivity index (χ3v) is 6.17. The van der Waals surface area contributed by atoms with E-state index < -0.39 is 0 Å². The molecule has 6 heteroatoms. The zero-order chi connectivity index (χ0) is 18.4. The van der Waals surface area contributed by atoms with E-state index in [0.717, 1.165) is 34.4 Å². The number of nitrogens with one attached hydrogen (secondary N) is 1. The van der Waals surface area contributed by atoms with Gasteiger partial charge in [0.15, 0.2) is 0 Å². The number of carbonyl (C=O) groups excluding carboxylic acids is 1. The first-order valence-corrected chi connectivity index (χ1v) is 9.55. The summed E-state index contributed by atoms with van der Waals surface area (Å²) in [6.45, 7) is 9.08. The highest BCUT2D eigenvalue weighted by Gasteiger charge is 2.40. The van der Waals surface area contributed by atoms with Crippen LogP contribution in [0.2, 0.25) is 0 Å². The number of rotatable bonds is 3. The second-order valence-electron chi connectivity index (χ2n) is 7.53. The molecule has 1 saturated heterocycles. The van der Waals surface area contributed by atoms with Gasteiger partial charge in [0.25, 0.3) is 5.91 Å². The fraction of sp³-hybridized carbons (Fsp3) is 0.526. The quantitative estimate of drug-likeness (QED) is 0.757. The Morgan fingerprint density at radius 1 is 1.52 bits per heavy atom. The number of piperazine rings is 1. The van der Waals surface area contributed by atoms with E-state index in [1.54, 1.807) is 0 Å². The third kappa shape index (κ3) is 3.40. The van der Waals surface area contributed by atoms with Gasteiger partial charge < -0.3 is 11.1 Å². The Labute approximate surface area is 158 Å². The fourth-order valence-electron chi connectivity index (χ4n) is 3.80. The molecule has 3 unspecified atom stereocenters. The molecule has 1 amide bonds. The first kappa shape index (κ1) is 18.6. The summed E-state index contributed by atoms with van der Waals surface area (Å²) in [6, 6.07) is 6.61. The van der Waals surface area contributed by atoms with Crippen molar-refractivity contribution in [3.05, 3.63) is 34.3 Å². The van der Waals surface area contributed by atoms with Crippen LogP contribution in [0.1, 0.15) is 26.3 Å². The molecule has 3 rings (SSSR count). The van der Waals surface area contributed by atoms with E-state index in [0.29, 0.717) is 18.6 Å². The van der Waals surface area contributed by atoms with Crippen molar-refractivity contribution in [1.29, 1.82) is 0 Å². The summed E-state index contributed by atoms with van der Waals surface area (Å²) in [4.78, 5) is 17.4. The van der Waals surface area contributed by atoms with E-state index in [1.165, 1.54) is 0 Å². The largest absolute Gasteiger partial charge is 0.329 e. The van der Waals surface area contributed by atoms with Crippen molar-refractivity contribution in [3.63, 3.8) is 0 Å². The van der Waals surface area contributed by atoms with Crippen LogP contribution < -0.4 is 11.1 Å². The lowest BCUT2D eigenvalue weighted by Gasteiger charge is -2.51. The summed E-state index contributed by atoms with van der Waals surface area (Å²) in [6.07, 6.45) is 2.13. The molecule has 0 radical (unpaired) electrons. The van der Waals surface area contributed by atoms with Gasteiger partial charge >= 0.3 is 0 Å². The minimum atomic E-state index is -0.238. The summed E-state index contributed by atoms with van der Waals surface area (Å²) in [7, 11) is 2.14. The molecule has 136 valence electrons. The molecular weight excluding hydrogens is 380 g/mol. The lowest BCUT2D eigenvalue weighted by atomic mass is 9.89. The number of halogens is 1. The zero-order valence-corrected chi connectivity index (χ0v) is 16.9. The molecule has 1 fully saturated rings. The standard InChI is InChI=1S/C19H27BrN4O/c1-12(9-21)24-10-13(2)23(4)19(3,11-24)8-16-15-7-14(20)5-6-17(15)22-18(16)25/h5-8,12-13H,9-11,21H2,1-4H3,(H,22,25)/b16-8-. The minimum Gasteiger partial charge on any atom is -0.329 e. The molecule has 2 aliphatic heterocycles. The van der Waals surface area contributed by atoms with Crippen LogP contribution in [-0.4, -0.2) is 60.0 Å². The highest BCUT2D eigenvalue weighted by atomic mass is 79.9. The first-order chi connectivity index (χ1) is 11.7. The van der Waals surface area contributed by atoms with Crippen molar-refractivity contribution in [3.8, 4) is 0 Å². The SMILES string of the molecule is CC(CN)N1CC(C)N(C)C(C)(/C=C2\C(=O)Nc3ccc(Br)cc32)C1. The number of nitrogens with zero attached hydrogens (tertiary/aromatic N) is 2. The Morgan fingerprint density at radius 2 is 2.24 bits per heavy atom. The van der Waals surface area contributed by atoms with Crippen LogP contribution in [0.25, 0.3) is 5.57 Å². The van der Waals surface area contributed by atoms with Gasteiger partial charge in [-0.1, -0.05) is 15.9 Å². The molecule has 3 atom stereocenters. The number of hydrogen-bond donors (Lipinski definition) is 2. The molecule has 25 heavy (non-hydrogen) atoms. The van der Waals surface area contributed by atoms with Crippen LogP contribution in [0.5, 0.6) is 0 Å². The molecule has 2 heterocycles. The van der Waals surface area contributed by atoms with Crippen molar-refractivity contribution < 1.29 is 4.79 Å². The maximum absolute atomic E-state index is 12.6. The number of fused-ring (bicyclic) bond motifs is 1. The van der Waals surface area contributed by atoms with Gasteiger partial charge in [0, 0.05) is 53.0 Å². The van der Waals surface area contributed by atoms with Gasteiger partial charge in [-0.3, -0.25) is 14.6 Å². The number of hydrogen-bond acceptors (Lipinski definition) is 4. The van der Waals surface area contributed by atoms with E-state index in [-0.39, 0.29) is 11.4 Å². The van der Waals surface area contributed by atoms with Crippen molar-refractivity contribution in [2.45, 2.75) is 38.4 Å².